The molecule has 0 saturated carbocycles. The van der Waals surface area contributed by atoms with Crippen LogP contribution < -0.4 is 11.4 Å². The van der Waals surface area contributed by atoms with Gasteiger partial charge in [0.05, 0.1) is 13.0 Å². The van der Waals surface area contributed by atoms with Crippen LogP contribution in [0, 0.1) is 0 Å². The number of anilines is 1. The van der Waals surface area contributed by atoms with E-state index in [1.54, 1.807) is 0 Å². The van der Waals surface area contributed by atoms with Crippen LogP contribution in [0.2, 0.25) is 0 Å². The number of aromatic nitrogens is 2. The number of hydrogen-bond donors (Lipinski definition) is 3. The Labute approximate surface area is 136 Å². The number of nitrogen functional groups attached to an aromatic ring is 1. The molecule has 1 fully saturated rings. The van der Waals surface area contributed by atoms with Crippen molar-refractivity contribution in [3.05, 3.63) is 22.7 Å². The summed E-state index contributed by atoms with van der Waals surface area (Å²) in [6.45, 7) is 0.809. The van der Waals surface area contributed by atoms with Crippen LogP contribution in [-0.4, -0.2) is 56.4 Å². The topological polar surface area (TPSA) is 154 Å². The van der Waals surface area contributed by atoms with E-state index in [1.165, 1.54) is 19.2 Å². The van der Waals surface area contributed by atoms with Gasteiger partial charge < -0.3 is 30.2 Å². The third-order valence-corrected chi connectivity index (χ3v) is 3.56. The van der Waals surface area contributed by atoms with Crippen LogP contribution in [0.3, 0.4) is 0 Å². The normalized spacial score (nSPS) is 26.3. The van der Waals surface area contributed by atoms with Gasteiger partial charge in [-0.3, -0.25) is 9.36 Å². The van der Waals surface area contributed by atoms with Gasteiger partial charge in [0.2, 0.25) is 0 Å². The van der Waals surface area contributed by atoms with Gasteiger partial charge in [0.25, 0.3) is 0 Å². The fourth-order valence-corrected chi connectivity index (χ4v) is 2.35. The molecule has 132 valence electrons. The van der Waals surface area contributed by atoms with E-state index in [-0.39, 0.29) is 24.4 Å². The zero-order valence-electron chi connectivity index (χ0n) is 13.0. The van der Waals surface area contributed by atoms with Crippen molar-refractivity contribution in [2.45, 2.75) is 44.3 Å². The average molecular weight is 341 g/mol. The van der Waals surface area contributed by atoms with Crippen LogP contribution in [0.15, 0.2) is 17.1 Å². The van der Waals surface area contributed by atoms with Crippen molar-refractivity contribution in [2.24, 2.45) is 0 Å². The molecular weight excluding hydrogens is 322 g/mol. The van der Waals surface area contributed by atoms with Crippen LogP contribution >= 0.6 is 0 Å². The van der Waals surface area contributed by atoms with E-state index in [1.807, 2.05) is 0 Å². The Hall–Kier alpha value is -2.30. The smallest absolute Gasteiger partial charge is 0.351 e. The number of esters is 1. The van der Waals surface area contributed by atoms with Crippen molar-refractivity contribution in [2.75, 3.05) is 12.3 Å². The van der Waals surface area contributed by atoms with Crippen LogP contribution in [0.5, 0.6) is 0 Å². The Morgan fingerprint density at radius 2 is 2.17 bits per heavy atom. The molecule has 0 bridgehead atoms. The molecule has 1 aromatic rings. The molecule has 0 spiro atoms. The largest absolute Gasteiger partial charge is 0.457 e. The molecule has 24 heavy (non-hydrogen) atoms. The van der Waals surface area contributed by atoms with Crippen LogP contribution in [0.25, 0.3) is 0 Å². The minimum atomic E-state index is -1.40. The highest BCUT2D eigenvalue weighted by molar-refractivity contribution is 5.81. The average Bonchev–Trinajstić information content (AvgIpc) is 2.82. The number of aliphatic hydroxyl groups is 2. The number of ether oxygens (including phenoxy) is 2. The first kappa shape index (κ1) is 18.0. The van der Waals surface area contributed by atoms with E-state index in [9.17, 15) is 24.6 Å². The summed E-state index contributed by atoms with van der Waals surface area (Å²) in [6.07, 6.45) is -3.63. The number of carbonyl (C=O) groups excluding carboxylic acids is 2. The predicted octanol–water partition coefficient (Wildman–Crippen LogP) is -1.64. The molecule has 2 heterocycles. The minimum absolute atomic E-state index is 0.00894. The summed E-state index contributed by atoms with van der Waals surface area (Å²) in [7, 11) is 0. The summed E-state index contributed by atoms with van der Waals surface area (Å²) in [6, 6.07) is 1.34. The second-order valence-corrected chi connectivity index (χ2v) is 5.44. The lowest BCUT2D eigenvalue weighted by atomic mass is 10.1. The number of aliphatic hydroxyl groups excluding tert-OH is 2. The zero-order valence-corrected chi connectivity index (χ0v) is 13.0. The van der Waals surface area contributed by atoms with Gasteiger partial charge in [0, 0.05) is 12.6 Å². The molecule has 0 aliphatic carbocycles. The highest BCUT2D eigenvalue weighted by atomic mass is 16.6. The monoisotopic (exact) mass is 341 g/mol. The lowest BCUT2D eigenvalue weighted by Crippen LogP contribution is -2.39. The maximum Gasteiger partial charge on any atom is 0.351 e. The molecule has 0 amide bonds. The highest BCUT2D eigenvalue weighted by Gasteiger charge is 2.47. The van der Waals surface area contributed by atoms with E-state index in [4.69, 9.17) is 15.2 Å². The van der Waals surface area contributed by atoms with Crippen molar-refractivity contribution in [3.8, 4) is 0 Å². The van der Waals surface area contributed by atoms with Gasteiger partial charge in [0.15, 0.2) is 12.3 Å². The molecule has 1 aliphatic heterocycles. The number of hydrogen-bond acceptors (Lipinski definition) is 9. The number of rotatable bonds is 6. The summed E-state index contributed by atoms with van der Waals surface area (Å²) in [4.78, 5) is 38.0. The Kier molecular flexibility index (Phi) is 5.65. The SMILES string of the molecule is CC(=O)CCC(=O)O[C@H]1[C@@H](O)[C@H](n2ccc(N)nc2=O)O[C@@H]1CO. The van der Waals surface area contributed by atoms with E-state index >= 15 is 0 Å². The number of Topliss-reactive ketones (excluding diaryl/α,β-unsaturated/α-hetero) is 1. The molecular formula is C14H19N3O7. The van der Waals surface area contributed by atoms with Crippen molar-refractivity contribution in [3.63, 3.8) is 0 Å². The second kappa shape index (κ2) is 7.51. The predicted molar refractivity (Wildman–Crippen MR) is 79.7 cm³/mol. The standard InChI is InChI=1S/C14H19N3O7/c1-7(19)2-3-10(20)24-12-8(6-18)23-13(11(12)21)17-5-4-9(15)16-14(17)22/h4-5,8,11-13,18,21H,2-3,6H2,1H3,(H2,15,16,22)/t8-,11-,12-,13-/m1/s1. The Bertz CT molecular complexity index is 675. The van der Waals surface area contributed by atoms with Crippen molar-refractivity contribution in [1.82, 2.24) is 9.55 Å². The van der Waals surface area contributed by atoms with Crippen LogP contribution in [-0.2, 0) is 19.1 Å². The summed E-state index contributed by atoms with van der Waals surface area (Å²) < 4.78 is 11.5. The fraction of sp³-hybridized carbons (Fsp3) is 0.571. The highest BCUT2D eigenvalue weighted by Crippen LogP contribution is 2.30. The Morgan fingerprint density at radius 3 is 2.75 bits per heavy atom. The molecule has 10 heteroatoms. The first-order chi connectivity index (χ1) is 11.3. The third kappa shape index (κ3) is 3.96. The van der Waals surface area contributed by atoms with Crippen molar-refractivity contribution >= 4 is 17.6 Å². The molecule has 4 N–H and O–H groups in total. The molecule has 2 rings (SSSR count). The molecule has 0 aromatic carbocycles. The van der Waals surface area contributed by atoms with Gasteiger partial charge in [-0.25, -0.2) is 4.79 Å². The minimum Gasteiger partial charge on any atom is -0.457 e. The first-order valence-electron chi connectivity index (χ1n) is 7.31. The Balaban J connectivity index is 2.14. The van der Waals surface area contributed by atoms with E-state index in [2.05, 4.69) is 4.98 Å². The van der Waals surface area contributed by atoms with Gasteiger partial charge in [-0.1, -0.05) is 0 Å². The second-order valence-electron chi connectivity index (χ2n) is 5.44. The van der Waals surface area contributed by atoms with Gasteiger partial charge >= 0.3 is 11.7 Å². The molecule has 0 unspecified atom stereocenters. The summed E-state index contributed by atoms with van der Waals surface area (Å²) in [5.74, 6) is -0.874. The summed E-state index contributed by atoms with van der Waals surface area (Å²) in [5, 5.41) is 19.7. The van der Waals surface area contributed by atoms with Crippen molar-refractivity contribution in [1.29, 1.82) is 0 Å². The number of ketones is 1. The van der Waals surface area contributed by atoms with Gasteiger partial charge in [-0.2, -0.15) is 4.98 Å². The Morgan fingerprint density at radius 1 is 1.46 bits per heavy atom. The van der Waals surface area contributed by atoms with Gasteiger partial charge in [-0.05, 0) is 13.0 Å². The van der Waals surface area contributed by atoms with Crippen LogP contribution in [0.1, 0.15) is 26.0 Å². The molecule has 1 saturated heterocycles. The molecule has 1 aliphatic rings. The fourth-order valence-electron chi connectivity index (χ4n) is 2.35. The van der Waals surface area contributed by atoms with Gasteiger partial charge in [-0.15, -0.1) is 0 Å². The maximum atomic E-state index is 11.8. The lowest BCUT2D eigenvalue weighted by Gasteiger charge is -2.20. The number of nitrogens with two attached hydrogens (primary N) is 1. The quantitative estimate of drug-likeness (QED) is 0.517. The molecule has 10 nitrogen and oxygen atoms in total. The summed E-state index contributed by atoms with van der Waals surface area (Å²) >= 11 is 0. The molecule has 1 aromatic heterocycles. The third-order valence-electron chi connectivity index (χ3n) is 3.56. The number of carbonyl (C=O) groups is 2. The van der Waals surface area contributed by atoms with Crippen molar-refractivity contribution < 1.29 is 29.3 Å². The van der Waals surface area contributed by atoms with Gasteiger partial charge in [0.1, 0.15) is 23.8 Å². The lowest BCUT2D eigenvalue weighted by molar-refractivity contribution is -0.157. The van der Waals surface area contributed by atoms with E-state index in [0.717, 1.165) is 4.57 Å². The van der Waals surface area contributed by atoms with Crippen LogP contribution in [0.4, 0.5) is 5.82 Å². The number of nitrogens with zero attached hydrogens (tertiary/aromatic N) is 2. The molecule has 0 radical (unpaired) electrons. The zero-order chi connectivity index (χ0) is 17.9. The maximum absolute atomic E-state index is 11.8. The first-order valence-corrected chi connectivity index (χ1v) is 7.31. The molecule has 4 atom stereocenters. The van der Waals surface area contributed by atoms with E-state index < -0.39 is 42.8 Å². The van der Waals surface area contributed by atoms with E-state index in [0.29, 0.717) is 0 Å². The summed E-state index contributed by atoms with van der Waals surface area (Å²) in [5.41, 5.74) is 4.65.